The number of nitrogens with zero attached hydrogens (tertiary/aromatic N) is 2. The summed E-state index contributed by atoms with van der Waals surface area (Å²) in [5.74, 6) is -1.32. The van der Waals surface area contributed by atoms with E-state index in [0.29, 0.717) is 18.7 Å². The van der Waals surface area contributed by atoms with Gasteiger partial charge in [-0.15, -0.1) is 0 Å². The topological polar surface area (TPSA) is 119 Å². The summed E-state index contributed by atoms with van der Waals surface area (Å²) in [6.45, 7) is 0.301. The summed E-state index contributed by atoms with van der Waals surface area (Å²) in [6, 6.07) is 19.9. The lowest BCUT2D eigenvalue weighted by Crippen LogP contribution is -2.31. The molecule has 32 heavy (non-hydrogen) atoms. The van der Waals surface area contributed by atoms with Crippen LogP contribution in [0, 0.1) is 5.82 Å². The first-order valence-electron chi connectivity index (χ1n) is 10.1. The van der Waals surface area contributed by atoms with Crippen LogP contribution in [0.1, 0.15) is 15.9 Å². The fourth-order valence-corrected chi connectivity index (χ4v) is 3.40. The monoisotopic (exact) mass is 430 g/mol. The first-order valence-corrected chi connectivity index (χ1v) is 10.1. The Morgan fingerprint density at radius 2 is 1.84 bits per heavy atom. The number of pyridine rings is 2. The largest absolute Gasteiger partial charge is 0.366 e. The molecule has 8 heteroatoms. The van der Waals surface area contributed by atoms with Crippen LogP contribution in [-0.4, -0.2) is 28.5 Å². The Labute approximate surface area is 184 Å². The van der Waals surface area contributed by atoms with E-state index in [-0.39, 0.29) is 23.2 Å². The maximum Gasteiger partial charge on any atom is 0.252 e. The van der Waals surface area contributed by atoms with Crippen molar-refractivity contribution >= 4 is 34.1 Å². The highest BCUT2D eigenvalue weighted by molar-refractivity contribution is 5.99. The lowest BCUT2D eigenvalue weighted by atomic mass is 10.1. The number of halogens is 1. The zero-order valence-electron chi connectivity index (χ0n) is 17.3. The third-order valence-electron chi connectivity index (χ3n) is 4.98. The van der Waals surface area contributed by atoms with E-state index in [0.717, 1.165) is 22.5 Å². The number of fused-ring (bicyclic) bond motifs is 1. The van der Waals surface area contributed by atoms with Gasteiger partial charge in [-0.25, -0.2) is 9.37 Å². The van der Waals surface area contributed by atoms with Crippen LogP contribution < -0.4 is 22.1 Å². The fourth-order valence-electron chi connectivity index (χ4n) is 3.40. The van der Waals surface area contributed by atoms with Crippen LogP contribution in [0.2, 0.25) is 0 Å². The Bertz CT molecular complexity index is 1250. The van der Waals surface area contributed by atoms with Gasteiger partial charge in [-0.05, 0) is 42.3 Å². The minimum Gasteiger partial charge on any atom is -0.366 e. The molecule has 0 aliphatic rings. The maximum atomic E-state index is 14.6. The number of carbonyl (C=O) groups excluding carboxylic acids is 1. The van der Waals surface area contributed by atoms with Crippen molar-refractivity contribution < 1.29 is 9.18 Å². The smallest absolute Gasteiger partial charge is 0.252 e. The number of anilines is 3. The standard InChI is InChI=1S/C24H23FN6O/c25-20-13-19(22(27)32)23(30-18-8-9-21-16(12-18)7-4-10-28-21)31-24(20)29-14-17(26)11-15-5-2-1-3-6-15/h1-10,12-13,17H,11,14,26H2,(H2,27,32)(H2,29,30,31)/t17-/m1/s1. The van der Waals surface area contributed by atoms with Gasteiger partial charge in [0, 0.05) is 29.9 Å². The first kappa shape index (κ1) is 21.2. The van der Waals surface area contributed by atoms with E-state index < -0.39 is 11.7 Å². The van der Waals surface area contributed by atoms with Gasteiger partial charge in [-0.2, -0.15) is 0 Å². The molecule has 4 rings (SSSR count). The Kier molecular flexibility index (Phi) is 6.23. The quantitative estimate of drug-likeness (QED) is 0.339. The van der Waals surface area contributed by atoms with Crippen molar-refractivity contribution in [3.63, 3.8) is 0 Å². The van der Waals surface area contributed by atoms with Crippen LogP contribution in [0.15, 0.2) is 72.9 Å². The van der Waals surface area contributed by atoms with Gasteiger partial charge in [0.2, 0.25) is 0 Å². The Morgan fingerprint density at radius 1 is 1.03 bits per heavy atom. The molecule has 6 N–H and O–H groups in total. The first-order chi connectivity index (χ1) is 15.5. The number of nitrogens with two attached hydrogens (primary N) is 2. The fraction of sp³-hybridized carbons (Fsp3) is 0.125. The summed E-state index contributed by atoms with van der Waals surface area (Å²) in [6.07, 6.45) is 2.34. The van der Waals surface area contributed by atoms with Crippen LogP contribution in [0.5, 0.6) is 0 Å². The summed E-state index contributed by atoms with van der Waals surface area (Å²) >= 11 is 0. The molecule has 0 saturated heterocycles. The highest BCUT2D eigenvalue weighted by atomic mass is 19.1. The second-order valence-electron chi connectivity index (χ2n) is 7.45. The lowest BCUT2D eigenvalue weighted by Gasteiger charge is -2.16. The molecule has 0 aliphatic heterocycles. The average Bonchev–Trinajstić information content (AvgIpc) is 2.79. The number of aromatic nitrogens is 2. The van der Waals surface area contributed by atoms with Crippen LogP contribution in [0.25, 0.3) is 10.9 Å². The van der Waals surface area contributed by atoms with Crippen LogP contribution in [0.3, 0.4) is 0 Å². The van der Waals surface area contributed by atoms with Crippen molar-refractivity contribution in [2.45, 2.75) is 12.5 Å². The van der Waals surface area contributed by atoms with Gasteiger partial charge in [-0.1, -0.05) is 36.4 Å². The highest BCUT2D eigenvalue weighted by Crippen LogP contribution is 2.25. The summed E-state index contributed by atoms with van der Waals surface area (Å²) in [5.41, 5.74) is 14.2. The Morgan fingerprint density at radius 3 is 2.62 bits per heavy atom. The predicted octanol–water partition coefficient (Wildman–Crippen LogP) is 3.59. The van der Waals surface area contributed by atoms with E-state index in [1.807, 2.05) is 54.6 Å². The van der Waals surface area contributed by atoms with Crippen molar-refractivity contribution in [1.29, 1.82) is 0 Å². The van der Waals surface area contributed by atoms with Crippen LogP contribution in [0.4, 0.5) is 21.7 Å². The molecular formula is C24H23FN6O. The van der Waals surface area contributed by atoms with Gasteiger partial charge < -0.3 is 22.1 Å². The van der Waals surface area contributed by atoms with Gasteiger partial charge in [0.05, 0.1) is 11.1 Å². The second kappa shape index (κ2) is 9.40. The molecule has 0 aliphatic carbocycles. The molecule has 1 amide bonds. The van der Waals surface area contributed by atoms with Gasteiger partial charge in [0.15, 0.2) is 11.6 Å². The van der Waals surface area contributed by atoms with Crippen molar-refractivity contribution in [2.75, 3.05) is 17.2 Å². The molecule has 162 valence electrons. The normalized spacial score (nSPS) is 11.8. The SMILES string of the molecule is NC(=O)c1cc(F)c(NC[C@H](N)Cc2ccccc2)nc1Nc1ccc2ncccc2c1. The van der Waals surface area contributed by atoms with Crippen molar-refractivity contribution in [2.24, 2.45) is 11.5 Å². The molecule has 0 bridgehead atoms. The van der Waals surface area contributed by atoms with Crippen molar-refractivity contribution in [1.82, 2.24) is 9.97 Å². The average molecular weight is 430 g/mol. The summed E-state index contributed by atoms with van der Waals surface area (Å²) in [4.78, 5) is 20.4. The van der Waals surface area contributed by atoms with Gasteiger partial charge in [0.1, 0.15) is 5.82 Å². The van der Waals surface area contributed by atoms with E-state index in [9.17, 15) is 9.18 Å². The van der Waals surface area contributed by atoms with E-state index in [1.165, 1.54) is 0 Å². The predicted molar refractivity (Wildman–Crippen MR) is 124 cm³/mol. The molecule has 2 heterocycles. The molecule has 7 nitrogen and oxygen atoms in total. The van der Waals surface area contributed by atoms with E-state index in [4.69, 9.17) is 11.5 Å². The number of amides is 1. The molecule has 2 aromatic heterocycles. The number of hydrogen-bond acceptors (Lipinski definition) is 6. The Balaban J connectivity index is 1.54. The zero-order chi connectivity index (χ0) is 22.5. The van der Waals surface area contributed by atoms with Crippen LogP contribution in [-0.2, 0) is 6.42 Å². The zero-order valence-corrected chi connectivity index (χ0v) is 17.3. The third-order valence-corrected chi connectivity index (χ3v) is 4.98. The third kappa shape index (κ3) is 4.98. The van der Waals surface area contributed by atoms with Gasteiger partial charge in [0.25, 0.3) is 5.91 Å². The molecule has 1 atom stereocenters. The second-order valence-corrected chi connectivity index (χ2v) is 7.45. The Hall–Kier alpha value is -4.04. The molecular weight excluding hydrogens is 407 g/mol. The van der Waals surface area contributed by atoms with Crippen LogP contribution >= 0.6 is 0 Å². The molecule has 0 saturated carbocycles. The van der Waals surface area contributed by atoms with Crippen molar-refractivity contribution in [3.8, 4) is 0 Å². The summed E-state index contributed by atoms with van der Waals surface area (Å²) < 4.78 is 14.6. The molecule has 0 unspecified atom stereocenters. The molecule has 2 aromatic carbocycles. The number of primary amides is 1. The maximum absolute atomic E-state index is 14.6. The number of carbonyl (C=O) groups is 1. The minimum atomic E-state index is -0.784. The minimum absolute atomic E-state index is 0.0107. The van der Waals surface area contributed by atoms with Gasteiger partial charge >= 0.3 is 0 Å². The number of nitrogens with one attached hydrogen (secondary N) is 2. The number of rotatable bonds is 8. The van der Waals surface area contributed by atoms with Gasteiger partial charge in [-0.3, -0.25) is 9.78 Å². The summed E-state index contributed by atoms with van der Waals surface area (Å²) in [5, 5.41) is 6.91. The number of benzene rings is 2. The molecule has 0 fully saturated rings. The van der Waals surface area contributed by atoms with E-state index in [2.05, 4.69) is 20.6 Å². The van der Waals surface area contributed by atoms with E-state index in [1.54, 1.807) is 12.3 Å². The molecule has 4 aromatic rings. The highest BCUT2D eigenvalue weighted by Gasteiger charge is 2.17. The number of hydrogen-bond donors (Lipinski definition) is 4. The summed E-state index contributed by atoms with van der Waals surface area (Å²) in [7, 11) is 0. The van der Waals surface area contributed by atoms with Crippen molar-refractivity contribution in [3.05, 3.63) is 89.9 Å². The molecule has 0 radical (unpaired) electrons. The molecule has 0 spiro atoms. The lowest BCUT2D eigenvalue weighted by molar-refractivity contribution is 0.100. The van der Waals surface area contributed by atoms with E-state index >= 15 is 0 Å².